The molecule has 2 N–H and O–H groups in total. The van der Waals surface area contributed by atoms with Crippen molar-refractivity contribution < 1.29 is 22.6 Å². The number of hydrogen-bond acceptors (Lipinski definition) is 6. The maximum atomic E-state index is 13.7. The van der Waals surface area contributed by atoms with Crippen molar-refractivity contribution in [3.63, 3.8) is 0 Å². The van der Waals surface area contributed by atoms with Crippen LogP contribution in [0.5, 0.6) is 17.2 Å². The lowest BCUT2D eigenvalue weighted by molar-refractivity contribution is 0.111. The Kier molecular flexibility index (Phi) is 7.17. The molecule has 1 heterocycles. The van der Waals surface area contributed by atoms with E-state index in [0.717, 1.165) is 24.1 Å². The first-order valence-corrected chi connectivity index (χ1v) is 13.1. The van der Waals surface area contributed by atoms with Crippen LogP contribution in [0.3, 0.4) is 0 Å². The summed E-state index contributed by atoms with van der Waals surface area (Å²) in [5, 5.41) is 3.68. The van der Waals surface area contributed by atoms with Crippen LogP contribution in [-0.2, 0) is 10.0 Å². The summed E-state index contributed by atoms with van der Waals surface area (Å²) in [6.45, 7) is 5.48. The summed E-state index contributed by atoms with van der Waals surface area (Å²) in [6, 6.07) is 15.6. The third-order valence-electron chi connectivity index (χ3n) is 5.97. The van der Waals surface area contributed by atoms with Crippen molar-refractivity contribution in [2.45, 2.75) is 30.8 Å². The lowest BCUT2D eigenvalue weighted by Gasteiger charge is -2.26. The summed E-state index contributed by atoms with van der Waals surface area (Å²) in [5.41, 5.74) is 2.16. The van der Waals surface area contributed by atoms with Crippen LogP contribution < -0.4 is 24.2 Å². The van der Waals surface area contributed by atoms with E-state index in [1.54, 1.807) is 24.3 Å². The summed E-state index contributed by atoms with van der Waals surface area (Å²) in [6.07, 6.45) is 0.824. The molecular weight excluding hydrogens is 488 g/mol. The molecule has 7 nitrogen and oxygen atoms in total. The minimum Gasteiger partial charge on any atom is -0.493 e. The standard InChI is InChI=1S/C26H29ClN2O5S/c1-17-6-5-7-18(12-17)20-14-23(32-3)24(33-4)15-25(20)35(30,31)29-19-8-9-21(27)22(13-19)34-26(2)10-11-28-16-26/h5-9,12-15,28-29H,10-11,16H2,1-4H3/t26-/m1/s1. The number of anilines is 1. The van der Waals surface area contributed by atoms with E-state index in [9.17, 15) is 8.42 Å². The van der Waals surface area contributed by atoms with Crippen LogP contribution in [0.1, 0.15) is 18.9 Å². The Balaban J connectivity index is 1.75. The molecule has 1 aliphatic rings. The smallest absolute Gasteiger partial charge is 0.262 e. The average Bonchev–Trinajstić information content (AvgIpc) is 3.26. The maximum absolute atomic E-state index is 13.7. The predicted molar refractivity (Wildman–Crippen MR) is 138 cm³/mol. The normalized spacial score (nSPS) is 17.7. The molecule has 9 heteroatoms. The highest BCUT2D eigenvalue weighted by molar-refractivity contribution is 7.92. The van der Waals surface area contributed by atoms with Gasteiger partial charge in [0.1, 0.15) is 11.4 Å². The average molecular weight is 517 g/mol. The van der Waals surface area contributed by atoms with E-state index in [1.807, 2.05) is 38.1 Å². The molecule has 1 saturated heterocycles. The van der Waals surface area contributed by atoms with Crippen molar-refractivity contribution in [1.29, 1.82) is 0 Å². The molecule has 0 spiro atoms. The molecule has 4 rings (SSSR count). The van der Waals surface area contributed by atoms with Gasteiger partial charge < -0.3 is 19.5 Å². The molecule has 0 unspecified atom stereocenters. The first kappa shape index (κ1) is 25.2. The molecule has 1 aliphatic heterocycles. The Hall–Kier alpha value is -2.94. The molecule has 0 aromatic heterocycles. The Morgan fingerprint density at radius 2 is 1.74 bits per heavy atom. The van der Waals surface area contributed by atoms with Gasteiger partial charge in [-0.2, -0.15) is 0 Å². The summed E-state index contributed by atoms with van der Waals surface area (Å²) in [5.74, 6) is 1.17. The molecule has 186 valence electrons. The summed E-state index contributed by atoms with van der Waals surface area (Å²) in [7, 11) is -1.05. The first-order chi connectivity index (χ1) is 16.6. The van der Waals surface area contributed by atoms with Gasteiger partial charge in [-0.05, 0) is 44.2 Å². The SMILES string of the molecule is COc1cc(-c2cccc(C)c2)c(S(=O)(=O)Nc2ccc(Cl)c(O[C@]3(C)CCNC3)c2)cc1OC. The predicted octanol–water partition coefficient (Wildman–Crippen LogP) is 5.26. The highest BCUT2D eigenvalue weighted by atomic mass is 35.5. The van der Waals surface area contributed by atoms with Gasteiger partial charge in [0.2, 0.25) is 0 Å². The fourth-order valence-electron chi connectivity index (χ4n) is 4.12. The second kappa shape index (κ2) is 9.97. The monoisotopic (exact) mass is 516 g/mol. The van der Waals surface area contributed by atoms with E-state index in [-0.39, 0.29) is 4.90 Å². The van der Waals surface area contributed by atoms with E-state index in [0.29, 0.717) is 40.1 Å². The second-order valence-electron chi connectivity index (χ2n) is 8.80. The van der Waals surface area contributed by atoms with Crippen molar-refractivity contribution in [2.24, 2.45) is 0 Å². The molecule has 0 saturated carbocycles. The second-order valence-corrected chi connectivity index (χ2v) is 10.9. The first-order valence-electron chi connectivity index (χ1n) is 11.2. The lowest BCUT2D eigenvalue weighted by atomic mass is 10.0. The Morgan fingerprint density at radius 3 is 2.40 bits per heavy atom. The zero-order valence-corrected chi connectivity index (χ0v) is 21.7. The minimum atomic E-state index is -4.03. The fraction of sp³-hybridized carbons (Fsp3) is 0.308. The number of nitrogens with one attached hydrogen (secondary N) is 2. The lowest BCUT2D eigenvalue weighted by Crippen LogP contribution is -2.34. The summed E-state index contributed by atoms with van der Waals surface area (Å²) in [4.78, 5) is 0.0603. The largest absolute Gasteiger partial charge is 0.493 e. The van der Waals surface area contributed by atoms with Gasteiger partial charge in [0.05, 0.1) is 29.8 Å². The van der Waals surface area contributed by atoms with Gasteiger partial charge in [-0.15, -0.1) is 0 Å². The van der Waals surface area contributed by atoms with Gasteiger partial charge in [-0.3, -0.25) is 4.72 Å². The highest BCUT2D eigenvalue weighted by Crippen LogP contribution is 2.39. The topological polar surface area (TPSA) is 85.9 Å². The van der Waals surface area contributed by atoms with Crippen molar-refractivity contribution in [2.75, 3.05) is 32.0 Å². The Morgan fingerprint density at radius 1 is 1.00 bits per heavy atom. The van der Waals surface area contributed by atoms with Crippen molar-refractivity contribution in [3.05, 3.63) is 65.2 Å². The van der Waals surface area contributed by atoms with Gasteiger partial charge in [0.15, 0.2) is 11.5 Å². The van der Waals surface area contributed by atoms with Crippen molar-refractivity contribution in [1.82, 2.24) is 5.32 Å². The molecule has 1 atom stereocenters. The number of hydrogen-bond donors (Lipinski definition) is 2. The number of benzene rings is 3. The van der Waals surface area contributed by atoms with Gasteiger partial charge in [0, 0.05) is 30.7 Å². The van der Waals surface area contributed by atoms with Crippen LogP contribution in [0, 0.1) is 6.92 Å². The molecule has 3 aromatic carbocycles. The minimum absolute atomic E-state index is 0.0603. The van der Waals surface area contributed by atoms with Crippen LogP contribution in [-0.4, -0.2) is 41.3 Å². The number of methoxy groups -OCH3 is 2. The molecule has 0 aliphatic carbocycles. The molecule has 0 radical (unpaired) electrons. The highest BCUT2D eigenvalue weighted by Gasteiger charge is 2.31. The van der Waals surface area contributed by atoms with E-state index in [1.165, 1.54) is 20.3 Å². The quantitative estimate of drug-likeness (QED) is 0.424. The molecule has 0 bridgehead atoms. The van der Waals surface area contributed by atoms with Crippen LogP contribution in [0.15, 0.2) is 59.5 Å². The van der Waals surface area contributed by atoms with Crippen LogP contribution >= 0.6 is 11.6 Å². The van der Waals surface area contributed by atoms with Gasteiger partial charge in [-0.25, -0.2) is 8.42 Å². The zero-order valence-electron chi connectivity index (χ0n) is 20.1. The third-order valence-corrected chi connectivity index (χ3v) is 7.71. The fourth-order valence-corrected chi connectivity index (χ4v) is 5.55. The molecule has 3 aromatic rings. The third kappa shape index (κ3) is 5.50. The van der Waals surface area contributed by atoms with Crippen LogP contribution in [0.2, 0.25) is 5.02 Å². The van der Waals surface area contributed by atoms with Gasteiger partial charge in [-0.1, -0.05) is 41.4 Å². The molecule has 1 fully saturated rings. The van der Waals surface area contributed by atoms with E-state index >= 15 is 0 Å². The summed E-state index contributed by atoms with van der Waals surface area (Å²) >= 11 is 6.36. The van der Waals surface area contributed by atoms with Gasteiger partial charge in [0.25, 0.3) is 10.0 Å². The van der Waals surface area contributed by atoms with Crippen LogP contribution in [0.4, 0.5) is 5.69 Å². The number of sulfonamides is 1. The van der Waals surface area contributed by atoms with Crippen molar-refractivity contribution >= 4 is 27.3 Å². The maximum Gasteiger partial charge on any atom is 0.262 e. The van der Waals surface area contributed by atoms with E-state index in [4.69, 9.17) is 25.8 Å². The Labute approximate surface area is 211 Å². The number of ether oxygens (including phenoxy) is 3. The number of rotatable bonds is 8. The molecular formula is C26H29ClN2O5S. The van der Waals surface area contributed by atoms with Gasteiger partial charge >= 0.3 is 0 Å². The summed E-state index contributed by atoms with van der Waals surface area (Å²) < 4.78 is 47.0. The van der Waals surface area contributed by atoms with E-state index in [2.05, 4.69) is 10.0 Å². The number of halogens is 1. The Bertz CT molecular complexity index is 1340. The zero-order chi connectivity index (χ0) is 25.2. The van der Waals surface area contributed by atoms with Crippen molar-refractivity contribution in [3.8, 4) is 28.4 Å². The molecule has 35 heavy (non-hydrogen) atoms. The number of aryl methyl sites for hydroxylation is 1. The molecule has 0 amide bonds. The van der Waals surface area contributed by atoms with Crippen LogP contribution in [0.25, 0.3) is 11.1 Å². The van der Waals surface area contributed by atoms with E-state index < -0.39 is 15.6 Å².